The molecule has 28 heavy (non-hydrogen) atoms. The van der Waals surface area contributed by atoms with Gasteiger partial charge in [-0.3, -0.25) is 9.59 Å². The van der Waals surface area contributed by atoms with Crippen LogP contribution in [-0.2, 0) is 21.5 Å². The molecule has 0 radical (unpaired) electrons. The van der Waals surface area contributed by atoms with E-state index in [1.807, 2.05) is 24.3 Å². The summed E-state index contributed by atoms with van der Waals surface area (Å²) in [6.45, 7) is 6.62. The highest BCUT2D eigenvalue weighted by Gasteiger charge is 2.37. The molecule has 4 nitrogen and oxygen atoms in total. The molecule has 7 heteroatoms. The normalized spacial score (nSPS) is 16.8. The molecule has 2 aromatic carbocycles. The number of amides is 1. The molecule has 1 unspecified atom stereocenters. The van der Waals surface area contributed by atoms with E-state index in [1.54, 1.807) is 17.0 Å². The van der Waals surface area contributed by atoms with Crippen molar-refractivity contribution in [1.82, 2.24) is 0 Å². The largest absolute Gasteiger partial charge is 0.481 e. The lowest BCUT2D eigenvalue weighted by molar-refractivity contribution is -0.138. The van der Waals surface area contributed by atoms with Crippen LogP contribution in [-0.4, -0.2) is 22.2 Å². The molecule has 2 aromatic rings. The Balaban J connectivity index is 2.08. The monoisotopic (exact) mass is 437 g/mol. The summed E-state index contributed by atoms with van der Waals surface area (Å²) in [4.78, 5) is 27.1. The molecule has 3 rings (SSSR count). The van der Waals surface area contributed by atoms with Crippen LogP contribution >= 0.6 is 35.0 Å². The van der Waals surface area contributed by atoms with E-state index in [0.717, 1.165) is 21.7 Å². The molecule has 0 aromatic heterocycles. The van der Waals surface area contributed by atoms with Crippen LogP contribution in [0.3, 0.4) is 0 Å². The van der Waals surface area contributed by atoms with Gasteiger partial charge in [-0.2, -0.15) is 0 Å². The highest BCUT2D eigenvalue weighted by molar-refractivity contribution is 8.01. The molecular weight excluding hydrogens is 417 g/mol. The number of carboxylic acids is 1. The summed E-state index contributed by atoms with van der Waals surface area (Å²) in [5, 5.41) is 9.49. The minimum atomic E-state index is -0.989. The van der Waals surface area contributed by atoms with Crippen molar-refractivity contribution in [3.05, 3.63) is 57.6 Å². The van der Waals surface area contributed by atoms with Gasteiger partial charge in [-0.1, -0.05) is 62.2 Å². The summed E-state index contributed by atoms with van der Waals surface area (Å²) in [5.41, 5.74) is 2.59. The Kier molecular flexibility index (Phi) is 5.99. The summed E-state index contributed by atoms with van der Waals surface area (Å²) in [6, 6.07) is 11.1. The number of fused-ring (bicyclic) bond motifs is 1. The Hall–Kier alpha value is -1.69. The van der Waals surface area contributed by atoms with Crippen LogP contribution in [0.1, 0.15) is 38.3 Å². The number of rotatable bonds is 4. The number of nitrogens with zero attached hydrogens (tertiary/aromatic N) is 1. The number of aliphatic carboxylic acids is 1. The molecular formula is C21H21Cl2NO3S. The van der Waals surface area contributed by atoms with Crippen molar-refractivity contribution in [3.8, 4) is 0 Å². The van der Waals surface area contributed by atoms with Gasteiger partial charge in [-0.25, -0.2) is 0 Å². The fourth-order valence-corrected chi connectivity index (χ4v) is 5.07. The lowest BCUT2D eigenvalue weighted by atomic mass is 9.86. The summed E-state index contributed by atoms with van der Waals surface area (Å²) in [7, 11) is 0. The van der Waals surface area contributed by atoms with E-state index in [4.69, 9.17) is 23.2 Å². The predicted octanol–water partition coefficient (Wildman–Crippen LogP) is 5.77. The van der Waals surface area contributed by atoms with Gasteiger partial charge >= 0.3 is 5.97 Å². The van der Waals surface area contributed by atoms with E-state index >= 15 is 0 Å². The molecule has 148 valence electrons. The molecule has 1 amide bonds. The molecule has 0 bridgehead atoms. The Bertz CT molecular complexity index is 940. The molecule has 0 aliphatic carbocycles. The number of halogens is 2. The van der Waals surface area contributed by atoms with Crippen molar-refractivity contribution in [2.24, 2.45) is 0 Å². The third-order valence-corrected chi connectivity index (χ3v) is 6.64. The summed E-state index contributed by atoms with van der Waals surface area (Å²) in [6.07, 6.45) is -0.223. The molecule has 1 heterocycles. The van der Waals surface area contributed by atoms with Crippen LogP contribution in [0.25, 0.3) is 0 Å². The number of carbonyl (C=O) groups is 2. The number of thioether (sulfide) groups is 1. The predicted molar refractivity (Wildman–Crippen MR) is 115 cm³/mol. The average Bonchev–Trinajstić information content (AvgIpc) is 2.60. The standard InChI is InChI=1S/C21H21Cl2NO3S/c1-21(2,3)13-5-4-6-16-19(13)28-17(10-18(25)26)20(27)24(16)11-12-7-8-14(22)15(23)9-12/h4-9,17H,10-11H2,1-3H3,(H,25,26). The molecule has 0 saturated heterocycles. The Labute approximate surface area is 178 Å². The molecule has 1 aliphatic heterocycles. The Morgan fingerprint density at radius 2 is 1.89 bits per heavy atom. The molecule has 0 spiro atoms. The second-order valence-electron chi connectivity index (χ2n) is 7.78. The van der Waals surface area contributed by atoms with E-state index in [2.05, 4.69) is 20.8 Å². The number of hydrogen-bond donors (Lipinski definition) is 1. The molecule has 1 N–H and O–H groups in total. The van der Waals surface area contributed by atoms with E-state index in [9.17, 15) is 14.7 Å². The minimum absolute atomic E-state index is 0.137. The lowest BCUT2D eigenvalue weighted by Crippen LogP contribution is -2.42. The maximum absolute atomic E-state index is 13.1. The maximum Gasteiger partial charge on any atom is 0.305 e. The van der Waals surface area contributed by atoms with Gasteiger partial charge in [0.25, 0.3) is 0 Å². The first-order valence-electron chi connectivity index (χ1n) is 8.85. The first-order chi connectivity index (χ1) is 13.1. The highest BCUT2D eigenvalue weighted by Crippen LogP contribution is 2.46. The van der Waals surface area contributed by atoms with E-state index in [-0.39, 0.29) is 17.7 Å². The van der Waals surface area contributed by atoms with Crippen LogP contribution < -0.4 is 4.90 Å². The van der Waals surface area contributed by atoms with Crippen LogP contribution in [0.4, 0.5) is 5.69 Å². The summed E-state index contributed by atoms with van der Waals surface area (Å²) in [5.74, 6) is -1.20. The first-order valence-corrected chi connectivity index (χ1v) is 10.5. The third-order valence-electron chi connectivity index (χ3n) is 4.58. The number of carboxylic acid groups (broad SMARTS) is 1. The second kappa shape index (κ2) is 7.97. The van der Waals surface area contributed by atoms with Gasteiger partial charge in [0.05, 0.1) is 33.9 Å². The molecule has 1 atom stereocenters. The zero-order valence-electron chi connectivity index (χ0n) is 15.8. The van der Waals surface area contributed by atoms with Gasteiger partial charge in [0.15, 0.2) is 0 Å². The number of carbonyl (C=O) groups excluding carboxylic acids is 1. The molecule has 0 saturated carbocycles. The Morgan fingerprint density at radius 1 is 1.18 bits per heavy atom. The van der Waals surface area contributed by atoms with Gasteiger partial charge < -0.3 is 10.0 Å². The lowest BCUT2D eigenvalue weighted by Gasteiger charge is -2.36. The Morgan fingerprint density at radius 3 is 2.50 bits per heavy atom. The maximum atomic E-state index is 13.1. The number of hydrogen-bond acceptors (Lipinski definition) is 3. The fourth-order valence-electron chi connectivity index (χ4n) is 3.21. The van der Waals surface area contributed by atoms with Crippen LogP contribution in [0.2, 0.25) is 10.0 Å². The van der Waals surface area contributed by atoms with Crippen molar-refractivity contribution in [2.75, 3.05) is 4.90 Å². The van der Waals surface area contributed by atoms with Gasteiger partial charge in [0.2, 0.25) is 5.91 Å². The summed E-state index contributed by atoms with van der Waals surface area (Å²) >= 11 is 13.5. The van der Waals surface area contributed by atoms with E-state index in [0.29, 0.717) is 16.6 Å². The zero-order chi connectivity index (χ0) is 20.6. The van der Waals surface area contributed by atoms with Crippen LogP contribution in [0, 0.1) is 0 Å². The minimum Gasteiger partial charge on any atom is -0.481 e. The number of anilines is 1. The highest BCUT2D eigenvalue weighted by atomic mass is 35.5. The van der Waals surface area contributed by atoms with Crippen molar-refractivity contribution in [1.29, 1.82) is 0 Å². The average molecular weight is 438 g/mol. The van der Waals surface area contributed by atoms with E-state index in [1.165, 1.54) is 11.8 Å². The number of benzene rings is 2. The first kappa shape index (κ1) is 21.0. The van der Waals surface area contributed by atoms with Gasteiger partial charge in [-0.05, 0) is 34.7 Å². The van der Waals surface area contributed by atoms with Gasteiger partial charge in [0.1, 0.15) is 0 Å². The second-order valence-corrected chi connectivity index (χ2v) is 9.81. The van der Waals surface area contributed by atoms with Crippen LogP contribution in [0.5, 0.6) is 0 Å². The quantitative estimate of drug-likeness (QED) is 0.658. The molecule has 0 fully saturated rings. The SMILES string of the molecule is CC(C)(C)c1cccc2c1SC(CC(=O)O)C(=O)N2Cc1ccc(Cl)c(Cl)c1. The van der Waals surface area contributed by atoms with Crippen molar-refractivity contribution in [2.45, 2.75) is 49.3 Å². The van der Waals surface area contributed by atoms with Gasteiger partial charge in [-0.15, -0.1) is 11.8 Å². The van der Waals surface area contributed by atoms with Crippen molar-refractivity contribution < 1.29 is 14.7 Å². The third kappa shape index (κ3) is 4.32. The van der Waals surface area contributed by atoms with Crippen molar-refractivity contribution >= 4 is 52.5 Å². The fraction of sp³-hybridized carbons (Fsp3) is 0.333. The van der Waals surface area contributed by atoms with Crippen molar-refractivity contribution in [3.63, 3.8) is 0 Å². The smallest absolute Gasteiger partial charge is 0.305 e. The summed E-state index contributed by atoms with van der Waals surface area (Å²) < 4.78 is 0. The van der Waals surface area contributed by atoms with E-state index < -0.39 is 11.2 Å². The van der Waals surface area contributed by atoms with Crippen LogP contribution in [0.15, 0.2) is 41.3 Å². The molecule has 1 aliphatic rings. The van der Waals surface area contributed by atoms with Gasteiger partial charge in [0, 0.05) is 4.90 Å². The topological polar surface area (TPSA) is 57.6 Å². The zero-order valence-corrected chi connectivity index (χ0v) is 18.2.